The highest BCUT2D eigenvalue weighted by molar-refractivity contribution is 7.12. The molecule has 2 aromatic rings. The van der Waals surface area contributed by atoms with E-state index in [0.717, 1.165) is 13.1 Å². The summed E-state index contributed by atoms with van der Waals surface area (Å²) in [6.45, 7) is 4.05. The predicted octanol–water partition coefficient (Wildman–Crippen LogP) is 2.02. The molecule has 0 saturated carbocycles. The maximum absolute atomic E-state index is 4.05. The van der Waals surface area contributed by atoms with Crippen molar-refractivity contribution in [3.05, 3.63) is 40.1 Å². The van der Waals surface area contributed by atoms with Crippen LogP contribution in [0, 0.1) is 6.92 Å². The molecule has 4 heteroatoms. The minimum Gasteiger partial charge on any atom is -0.333 e. The molecule has 0 amide bonds. The molecule has 15 heavy (non-hydrogen) atoms. The Kier molecular flexibility index (Phi) is 3.18. The van der Waals surface area contributed by atoms with E-state index in [1.165, 1.54) is 15.3 Å². The van der Waals surface area contributed by atoms with Crippen LogP contribution in [0.1, 0.15) is 15.3 Å². The van der Waals surface area contributed by atoms with E-state index >= 15 is 0 Å². The Morgan fingerprint density at radius 3 is 3.07 bits per heavy atom. The van der Waals surface area contributed by atoms with Crippen LogP contribution in [0.2, 0.25) is 0 Å². The maximum atomic E-state index is 4.05. The molecule has 0 radical (unpaired) electrons. The van der Waals surface area contributed by atoms with E-state index in [0.29, 0.717) is 0 Å². The number of nitrogens with one attached hydrogen (secondary N) is 1. The average Bonchev–Trinajstić information content (AvgIpc) is 2.79. The molecule has 2 aromatic heterocycles. The Hall–Kier alpha value is -1.13. The summed E-state index contributed by atoms with van der Waals surface area (Å²) in [4.78, 5) is 6.84. The van der Waals surface area contributed by atoms with Gasteiger partial charge < -0.3 is 9.88 Å². The summed E-state index contributed by atoms with van der Waals surface area (Å²) < 4.78 is 2.10. The van der Waals surface area contributed by atoms with Crippen LogP contribution in [0.5, 0.6) is 0 Å². The molecular weight excluding hydrogens is 206 g/mol. The smallest absolute Gasteiger partial charge is 0.0949 e. The molecule has 1 N–H and O–H groups in total. The molecule has 0 saturated heterocycles. The second-order valence-corrected chi connectivity index (χ2v) is 4.90. The molecule has 0 fully saturated rings. The number of thiophene rings is 1. The number of hydrogen-bond donors (Lipinski definition) is 1. The van der Waals surface area contributed by atoms with E-state index in [2.05, 4.69) is 27.9 Å². The number of aromatic nitrogens is 2. The van der Waals surface area contributed by atoms with E-state index in [-0.39, 0.29) is 0 Å². The van der Waals surface area contributed by atoms with Crippen molar-refractivity contribution in [1.82, 2.24) is 14.9 Å². The third kappa shape index (κ3) is 2.46. The van der Waals surface area contributed by atoms with Gasteiger partial charge in [-0.25, -0.2) is 4.98 Å². The number of imidazole rings is 1. The first-order valence-electron chi connectivity index (χ1n) is 4.98. The Morgan fingerprint density at radius 2 is 2.40 bits per heavy atom. The molecule has 2 heterocycles. The lowest BCUT2D eigenvalue weighted by molar-refractivity contribution is 0.791. The molecule has 0 aliphatic rings. The summed E-state index contributed by atoms with van der Waals surface area (Å²) >= 11 is 1.86. The summed E-state index contributed by atoms with van der Waals surface area (Å²) in [6.07, 6.45) is 5.67. The summed E-state index contributed by atoms with van der Waals surface area (Å²) in [5.41, 5.74) is 1.39. The molecule has 80 valence electrons. The average molecular weight is 221 g/mol. The van der Waals surface area contributed by atoms with Crippen molar-refractivity contribution in [2.45, 2.75) is 20.0 Å². The molecule has 0 bridgehead atoms. The second-order valence-electron chi connectivity index (χ2n) is 3.56. The van der Waals surface area contributed by atoms with Gasteiger partial charge in [-0.15, -0.1) is 11.3 Å². The quantitative estimate of drug-likeness (QED) is 0.856. The third-order valence-corrected chi connectivity index (χ3v) is 3.43. The molecule has 0 atom stereocenters. The van der Waals surface area contributed by atoms with Gasteiger partial charge in [0.1, 0.15) is 0 Å². The van der Waals surface area contributed by atoms with E-state index < -0.39 is 0 Å². The summed E-state index contributed by atoms with van der Waals surface area (Å²) in [6, 6.07) is 2.27. The first-order valence-corrected chi connectivity index (χ1v) is 5.80. The van der Waals surface area contributed by atoms with Crippen molar-refractivity contribution in [2.24, 2.45) is 0 Å². The lowest BCUT2D eigenvalue weighted by Gasteiger charge is -2.00. The SMILES string of the molecule is CNCc1cc(Cn2ccnc2)c(C)s1. The van der Waals surface area contributed by atoms with Crippen molar-refractivity contribution < 1.29 is 0 Å². The lowest BCUT2D eigenvalue weighted by Crippen LogP contribution is -2.02. The molecule has 0 aromatic carbocycles. The van der Waals surface area contributed by atoms with Crippen LogP contribution < -0.4 is 5.32 Å². The Bertz CT molecular complexity index is 417. The second kappa shape index (κ2) is 4.59. The van der Waals surface area contributed by atoms with Crippen molar-refractivity contribution in [1.29, 1.82) is 0 Å². The fourth-order valence-corrected chi connectivity index (χ4v) is 2.65. The van der Waals surface area contributed by atoms with Crippen molar-refractivity contribution in [3.8, 4) is 0 Å². The third-order valence-electron chi connectivity index (χ3n) is 2.33. The van der Waals surface area contributed by atoms with E-state index in [9.17, 15) is 0 Å². The van der Waals surface area contributed by atoms with Crippen LogP contribution >= 0.6 is 11.3 Å². The molecule has 0 unspecified atom stereocenters. The van der Waals surface area contributed by atoms with Gasteiger partial charge in [-0.1, -0.05) is 0 Å². The monoisotopic (exact) mass is 221 g/mol. The zero-order chi connectivity index (χ0) is 10.7. The van der Waals surface area contributed by atoms with Crippen LogP contribution in [-0.2, 0) is 13.1 Å². The van der Waals surface area contributed by atoms with Crippen LogP contribution in [0.3, 0.4) is 0 Å². The van der Waals surface area contributed by atoms with Gasteiger partial charge in [0.15, 0.2) is 0 Å². The fraction of sp³-hybridized carbons (Fsp3) is 0.364. The van der Waals surface area contributed by atoms with Gasteiger partial charge in [0.25, 0.3) is 0 Å². The number of aryl methyl sites for hydroxylation is 1. The number of hydrogen-bond acceptors (Lipinski definition) is 3. The van der Waals surface area contributed by atoms with Crippen LogP contribution in [-0.4, -0.2) is 16.6 Å². The minimum absolute atomic E-state index is 0.923. The zero-order valence-corrected chi connectivity index (χ0v) is 9.84. The molecular formula is C11H15N3S. The lowest BCUT2D eigenvalue weighted by atomic mass is 10.2. The number of nitrogens with zero attached hydrogens (tertiary/aromatic N) is 2. The standard InChI is InChI=1S/C11H15N3S/c1-9-10(5-11(15-9)6-12-2)7-14-4-3-13-8-14/h3-5,8,12H,6-7H2,1-2H3. The minimum atomic E-state index is 0.923. The largest absolute Gasteiger partial charge is 0.333 e. The van der Waals surface area contributed by atoms with Gasteiger partial charge in [-0.3, -0.25) is 0 Å². The highest BCUT2D eigenvalue weighted by atomic mass is 32.1. The first kappa shape index (κ1) is 10.4. The summed E-state index contributed by atoms with van der Waals surface area (Å²) in [5, 5.41) is 3.17. The van der Waals surface area contributed by atoms with Crippen LogP contribution in [0.4, 0.5) is 0 Å². The number of rotatable bonds is 4. The fourth-order valence-electron chi connectivity index (χ4n) is 1.58. The highest BCUT2D eigenvalue weighted by Gasteiger charge is 2.05. The normalized spacial score (nSPS) is 10.8. The Balaban J connectivity index is 2.14. The first-order chi connectivity index (χ1) is 7.29. The van der Waals surface area contributed by atoms with Gasteiger partial charge in [-0.2, -0.15) is 0 Å². The molecule has 2 rings (SSSR count). The zero-order valence-electron chi connectivity index (χ0n) is 9.03. The predicted molar refractivity (Wildman–Crippen MR) is 63.1 cm³/mol. The van der Waals surface area contributed by atoms with Crippen molar-refractivity contribution in [3.63, 3.8) is 0 Å². The van der Waals surface area contributed by atoms with E-state index in [4.69, 9.17) is 0 Å². The molecule has 3 nitrogen and oxygen atoms in total. The highest BCUT2D eigenvalue weighted by Crippen LogP contribution is 2.22. The van der Waals surface area contributed by atoms with Crippen molar-refractivity contribution >= 4 is 11.3 Å². The van der Waals surface area contributed by atoms with Crippen LogP contribution in [0.25, 0.3) is 0 Å². The topological polar surface area (TPSA) is 29.9 Å². The van der Waals surface area contributed by atoms with Gasteiger partial charge in [0.2, 0.25) is 0 Å². The molecule has 0 aliphatic carbocycles. The Labute approximate surface area is 93.8 Å². The van der Waals surface area contributed by atoms with E-state index in [1.54, 1.807) is 0 Å². The van der Waals surface area contributed by atoms with Gasteiger partial charge in [-0.05, 0) is 25.6 Å². The Morgan fingerprint density at radius 1 is 1.53 bits per heavy atom. The molecule has 0 aliphatic heterocycles. The van der Waals surface area contributed by atoms with Gasteiger partial charge in [0, 0.05) is 35.2 Å². The summed E-state index contributed by atoms with van der Waals surface area (Å²) in [7, 11) is 1.98. The van der Waals surface area contributed by atoms with E-state index in [1.807, 2.05) is 37.1 Å². The maximum Gasteiger partial charge on any atom is 0.0949 e. The van der Waals surface area contributed by atoms with Gasteiger partial charge >= 0.3 is 0 Å². The van der Waals surface area contributed by atoms with Crippen molar-refractivity contribution in [2.75, 3.05) is 7.05 Å². The summed E-state index contributed by atoms with van der Waals surface area (Å²) in [5.74, 6) is 0. The molecule has 0 spiro atoms. The van der Waals surface area contributed by atoms with Crippen LogP contribution in [0.15, 0.2) is 24.8 Å². The van der Waals surface area contributed by atoms with Gasteiger partial charge in [0.05, 0.1) is 6.33 Å².